The van der Waals surface area contributed by atoms with Crippen molar-refractivity contribution >= 4 is 17.0 Å². The average Bonchev–Trinajstić information content (AvgIpc) is 3.34. The Morgan fingerprint density at radius 2 is 1.89 bits per heavy atom. The standard InChI is InChI=1S/C18H12F3N3O3/c19-8-1-2-13(11(20)5-8)24-7-10(17(26)27)14(25)9-6-12(21)15(23-16(9)24)18(22)3-4-18/h1-2,5-7H,3-4,22H2,(H,26,27). The summed E-state index contributed by atoms with van der Waals surface area (Å²) in [6.45, 7) is 0. The van der Waals surface area contributed by atoms with Crippen molar-refractivity contribution in [1.29, 1.82) is 0 Å². The lowest BCUT2D eigenvalue weighted by Gasteiger charge is -2.16. The zero-order chi connectivity index (χ0) is 19.5. The molecule has 3 aromatic rings. The normalized spacial score (nSPS) is 15.1. The van der Waals surface area contributed by atoms with E-state index in [1.54, 1.807) is 0 Å². The van der Waals surface area contributed by atoms with Crippen molar-refractivity contribution < 1.29 is 23.1 Å². The number of carboxylic acid groups (broad SMARTS) is 1. The first kappa shape index (κ1) is 17.2. The summed E-state index contributed by atoms with van der Waals surface area (Å²) < 4.78 is 43.0. The molecule has 6 nitrogen and oxygen atoms in total. The van der Waals surface area contributed by atoms with E-state index in [1.807, 2.05) is 0 Å². The molecule has 0 unspecified atom stereocenters. The van der Waals surface area contributed by atoms with Crippen LogP contribution in [0.25, 0.3) is 16.7 Å². The molecular weight excluding hydrogens is 363 g/mol. The van der Waals surface area contributed by atoms with E-state index in [0.29, 0.717) is 18.9 Å². The molecule has 0 spiro atoms. The topological polar surface area (TPSA) is 98.2 Å². The SMILES string of the molecule is NC1(c2nc3c(cc2F)c(=O)c(C(=O)O)cn3-c2ccc(F)cc2F)CC1. The molecule has 0 atom stereocenters. The number of nitrogens with zero attached hydrogens (tertiary/aromatic N) is 2. The number of rotatable bonds is 3. The summed E-state index contributed by atoms with van der Waals surface area (Å²) >= 11 is 0. The maximum Gasteiger partial charge on any atom is 0.341 e. The second-order valence-corrected chi connectivity index (χ2v) is 6.49. The fraction of sp³-hybridized carbons (Fsp3) is 0.167. The van der Waals surface area contributed by atoms with Gasteiger partial charge in [-0.2, -0.15) is 0 Å². The molecule has 0 saturated heterocycles. The van der Waals surface area contributed by atoms with E-state index in [9.17, 15) is 27.9 Å². The molecule has 2 aromatic heterocycles. The third-order valence-electron chi connectivity index (χ3n) is 4.59. The summed E-state index contributed by atoms with van der Waals surface area (Å²) in [4.78, 5) is 28.0. The quantitative estimate of drug-likeness (QED) is 0.733. The maximum absolute atomic E-state index is 14.5. The molecule has 0 aliphatic heterocycles. The number of halogens is 3. The van der Waals surface area contributed by atoms with Crippen LogP contribution >= 0.6 is 0 Å². The predicted octanol–water partition coefficient (Wildman–Crippen LogP) is 2.45. The van der Waals surface area contributed by atoms with Crippen molar-refractivity contribution in [2.75, 3.05) is 0 Å². The van der Waals surface area contributed by atoms with Crippen LogP contribution in [0.4, 0.5) is 13.2 Å². The molecule has 1 aliphatic carbocycles. The van der Waals surface area contributed by atoms with Crippen molar-refractivity contribution in [2.24, 2.45) is 5.73 Å². The highest BCUT2D eigenvalue weighted by molar-refractivity contribution is 5.92. The fourth-order valence-electron chi connectivity index (χ4n) is 2.96. The van der Waals surface area contributed by atoms with Crippen LogP contribution in [-0.2, 0) is 5.54 Å². The van der Waals surface area contributed by atoms with Crippen LogP contribution < -0.4 is 11.2 Å². The summed E-state index contributed by atoms with van der Waals surface area (Å²) in [6, 6.07) is 3.51. The monoisotopic (exact) mass is 375 g/mol. The molecule has 3 N–H and O–H groups in total. The number of fused-ring (bicyclic) bond motifs is 1. The minimum atomic E-state index is -1.57. The first-order chi connectivity index (χ1) is 12.7. The molecule has 138 valence electrons. The van der Waals surface area contributed by atoms with Crippen molar-refractivity contribution in [2.45, 2.75) is 18.4 Å². The van der Waals surface area contributed by atoms with Gasteiger partial charge >= 0.3 is 5.97 Å². The van der Waals surface area contributed by atoms with Crippen molar-refractivity contribution in [1.82, 2.24) is 9.55 Å². The zero-order valence-corrected chi connectivity index (χ0v) is 13.7. The Morgan fingerprint density at radius 1 is 1.19 bits per heavy atom. The van der Waals surface area contributed by atoms with Gasteiger partial charge in [0.25, 0.3) is 0 Å². The lowest BCUT2D eigenvalue weighted by atomic mass is 10.1. The molecule has 2 heterocycles. The Hall–Kier alpha value is -3.20. The van der Waals surface area contributed by atoms with E-state index in [2.05, 4.69) is 4.98 Å². The van der Waals surface area contributed by atoms with E-state index in [0.717, 1.165) is 29.0 Å². The van der Waals surface area contributed by atoms with Crippen LogP contribution in [0, 0.1) is 17.5 Å². The summed E-state index contributed by atoms with van der Waals surface area (Å²) in [5, 5.41) is 8.93. The van der Waals surface area contributed by atoms with E-state index in [-0.39, 0.29) is 22.4 Å². The number of hydrogen-bond acceptors (Lipinski definition) is 4. The summed E-state index contributed by atoms with van der Waals surface area (Å²) in [7, 11) is 0. The molecular formula is C18H12F3N3O3. The van der Waals surface area contributed by atoms with Crippen LogP contribution in [0.2, 0.25) is 0 Å². The molecule has 1 aromatic carbocycles. The minimum absolute atomic E-state index is 0.0891. The van der Waals surface area contributed by atoms with Crippen LogP contribution in [0.1, 0.15) is 28.9 Å². The number of aromatic nitrogens is 2. The second-order valence-electron chi connectivity index (χ2n) is 6.49. The van der Waals surface area contributed by atoms with E-state index in [4.69, 9.17) is 5.73 Å². The number of pyridine rings is 2. The smallest absolute Gasteiger partial charge is 0.341 e. The first-order valence-electron chi connectivity index (χ1n) is 7.95. The second kappa shape index (κ2) is 5.65. The molecule has 9 heteroatoms. The van der Waals surface area contributed by atoms with E-state index < -0.39 is 40.0 Å². The van der Waals surface area contributed by atoms with E-state index in [1.165, 1.54) is 0 Å². The van der Waals surface area contributed by atoms with Gasteiger partial charge in [-0.3, -0.25) is 9.36 Å². The molecule has 4 rings (SSSR count). The summed E-state index contributed by atoms with van der Waals surface area (Å²) in [6.07, 6.45) is 1.86. The van der Waals surface area contributed by atoms with Crippen LogP contribution in [0.15, 0.2) is 35.3 Å². The molecule has 1 fully saturated rings. The van der Waals surface area contributed by atoms with Gasteiger partial charge in [-0.15, -0.1) is 0 Å². The molecule has 27 heavy (non-hydrogen) atoms. The van der Waals surface area contributed by atoms with Gasteiger partial charge in [0.05, 0.1) is 22.3 Å². The van der Waals surface area contributed by atoms with Gasteiger partial charge < -0.3 is 10.8 Å². The average molecular weight is 375 g/mol. The predicted molar refractivity (Wildman–Crippen MR) is 89.3 cm³/mol. The van der Waals surface area contributed by atoms with Gasteiger partial charge in [0, 0.05) is 12.3 Å². The van der Waals surface area contributed by atoms with E-state index >= 15 is 0 Å². The Kier molecular flexibility index (Phi) is 3.60. The number of aromatic carboxylic acids is 1. The largest absolute Gasteiger partial charge is 0.477 e. The number of hydrogen-bond donors (Lipinski definition) is 2. The highest BCUT2D eigenvalue weighted by atomic mass is 19.1. The van der Waals surface area contributed by atoms with Gasteiger partial charge in [-0.05, 0) is 31.0 Å². The third-order valence-corrected chi connectivity index (χ3v) is 4.59. The minimum Gasteiger partial charge on any atom is -0.477 e. The van der Waals surface area contributed by atoms with Gasteiger partial charge in [0.1, 0.15) is 28.7 Å². The highest BCUT2D eigenvalue weighted by Crippen LogP contribution is 2.43. The molecule has 0 radical (unpaired) electrons. The highest BCUT2D eigenvalue weighted by Gasteiger charge is 2.44. The maximum atomic E-state index is 14.5. The Morgan fingerprint density at radius 3 is 2.48 bits per heavy atom. The molecule has 0 bridgehead atoms. The number of carbonyl (C=O) groups is 1. The molecule has 1 aliphatic rings. The van der Waals surface area contributed by atoms with Crippen LogP contribution in [-0.4, -0.2) is 20.6 Å². The van der Waals surface area contributed by atoms with Crippen molar-refractivity contribution in [3.63, 3.8) is 0 Å². The first-order valence-corrected chi connectivity index (χ1v) is 7.95. The molecule has 0 amide bonds. The van der Waals surface area contributed by atoms with Gasteiger partial charge in [-0.25, -0.2) is 22.9 Å². The Bertz CT molecular complexity index is 1190. The summed E-state index contributed by atoms with van der Waals surface area (Å²) in [5.74, 6) is -4.25. The Balaban J connectivity index is 2.13. The van der Waals surface area contributed by atoms with Crippen LogP contribution in [0.3, 0.4) is 0 Å². The number of carboxylic acids is 1. The van der Waals surface area contributed by atoms with Gasteiger partial charge in [-0.1, -0.05) is 0 Å². The van der Waals surface area contributed by atoms with Crippen LogP contribution in [0.5, 0.6) is 0 Å². The molecule has 1 saturated carbocycles. The van der Waals surface area contributed by atoms with Gasteiger partial charge in [0.15, 0.2) is 0 Å². The zero-order valence-electron chi connectivity index (χ0n) is 13.7. The van der Waals surface area contributed by atoms with Crippen molar-refractivity contribution in [3.05, 3.63) is 69.4 Å². The van der Waals surface area contributed by atoms with Gasteiger partial charge in [0.2, 0.25) is 5.43 Å². The van der Waals surface area contributed by atoms with Crippen molar-refractivity contribution in [3.8, 4) is 5.69 Å². The fourth-order valence-corrected chi connectivity index (χ4v) is 2.96. The number of nitrogens with two attached hydrogens (primary N) is 1. The summed E-state index contributed by atoms with van der Waals surface area (Å²) in [5.41, 5.74) is 2.87. The number of benzene rings is 1. The Labute approximate surface area is 149 Å². The lowest BCUT2D eigenvalue weighted by Crippen LogP contribution is -2.25. The lowest BCUT2D eigenvalue weighted by molar-refractivity contribution is 0.0695. The third kappa shape index (κ3) is 2.67.